The predicted octanol–water partition coefficient (Wildman–Crippen LogP) is 5.23. The standard InChI is InChI=1S/C18H17BrFNO3/c1-18(2,10-16(22)11-3-5-12(20)6-4-11)14-8-7-13(9-15(14)19)21-17(23)24/h3-9,21H,10H2,1-2H3,(H,23,24). The number of carboxylic acid groups (broad SMARTS) is 1. The van der Waals surface area contributed by atoms with E-state index < -0.39 is 11.5 Å². The van der Waals surface area contributed by atoms with Crippen LogP contribution in [0.4, 0.5) is 14.9 Å². The summed E-state index contributed by atoms with van der Waals surface area (Å²) in [5.41, 5.74) is 1.31. The highest BCUT2D eigenvalue weighted by molar-refractivity contribution is 9.10. The van der Waals surface area contributed by atoms with Crippen molar-refractivity contribution in [3.8, 4) is 0 Å². The normalized spacial score (nSPS) is 11.2. The Labute approximate surface area is 147 Å². The zero-order chi connectivity index (χ0) is 17.9. The fraction of sp³-hybridized carbons (Fsp3) is 0.222. The number of hydrogen-bond acceptors (Lipinski definition) is 2. The molecule has 2 rings (SSSR count). The molecule has 24 heavy (non-hydrogen) atoms. The molecule has 0 bridgehead atoms. The van der Waals surface area contributed by atoms with Gasteiger partial charge in [-0.2, -0.15) is 0 Å². The highest BCUT2D eigenvalue weighted by Gasteiger charge is 2.27. The molecule has 4 nitrogen and oxygen atoms in total. The highest BCUT2D eigenvalue weighted by atomic mass is 79.9. The van der Waals surface area contributed by atoms with Crippen LogP contribution in [0.15, 0.2) is 46.9 Å². The molecular formula is C18H17BrFNO3. The van der Waals surface area contributed by atoms with Crippen LogP contribution < -0.4 is 5.32 Å². The van der Waals surface area contributed by atoms with E-state index in [9.17, 15) is 14.0 Å². The molecule has 0 fully saturated rings. The van der Waals surface area contributed by atoms with E-state index in [2.05, 4.69) is 21.2 Å². The molecule has 0 atom stereocenters. The van der Waals surface area contributed by atoms with E-state index in [1.807, 2.05) is 13.8 Å². The van der Waals surface area contributed by atoms with Crippen molar-refractivity contribution in [3.63, 3.8) is 0 Å². The first-order valence-electron chi connectivity index (χ1n) is 7.28. The number of carbonyl (C=O) groups is 2. The van der Waals surface area contributed by atoms with E-state index in [1.54, 1.807) is 18.2 Å². The summed E-state index contributed by atoms with van der Waals surface area (Å²) in [5.74, 6) is -0.463. The summed E-state index contributed by atoms with van der Waals surface area (Å²) < 4.78 is 13.7. The Morgan fingerprint density at radius 1 is 1.17 bits per heavy atom. The Kier molecular flexibility index (Phi) is 5.39. The first-order valence-corrected chi connectivity index (χ1v) is 8.07. The minimum absolute atomic E-state index is 0.0837. The molecule has 0 aromatic heterocycles. The van der Waals surface area contributed by atoms with Gasteiger partial charge in [0, 0.05) is 22.1 Å². The maximum Gasteiger partial charge on any atom is 0.409 e. The van der Waals surface area contributed by atoms with E-state index in [0.717, 1.165) is 5.56 Å². The Morgan fingerprint density at radius 2 is 1.79 bits per heavy atom. The fourth-order valence-corrected chi connectivity index (χ4v) is 3.42. The Balaban J connectivity index is 2.21. The van der Waals surface area contributed by atoms with Crippen molar-refractivity contribution >= 4 is 33.5 Å². The molecule has 2 aromatic rings. The van der Waals surface area contributed by atoms with Gasteiger partial charge in [0.25, 0.3) is 0 Å². The Bertz CT molecular complexity index is 772. The van der Waals surface area contributed by atoms with Gasteiger partial charge in [-0.15, -0.1) is 0 Å². The van der Waals surface area contributed by atoms with Gasteiger partial charge in [0.05, 0.1) is 0 Å². The third-order valence-corrected chi connectivity index (χ3v) is 4.37. The SMILES string of the molecule is CC(C)(CC(=O)c1ccc(F)cc1)c1ccc(NC(=O)O)cc1Br. The van der Waals surface area contributed by atoms with Gasteiger partial charge in [0.15, 0.2) is 5.78 Å². The lowest BCUT2D eigenvalue weighted by atomic mass is 9.79. The molecular weight excluding hydrogens is 377 g/mol. The molecule has 0 unspecified atom stereocenters. The Morgan fingerprint density at radius 3 is 2.33 bits per heavy atom. The van der Waals surface area contributed by atoms with Gasteiger partial charge in [-0.05, 0) is 47.4 Å². The predicted molar refractivity (Wildman–Crippen MR) is 94.2 cm³/mol. The lowest BCUT2D eigenvalue weighted by Crippen LogP contribution is -2.22. The van der Waals surface area contributed by atoms with Crippen LogP contribution in [0.25, 0.3) is 0 Å². The number of hydrogen-bond donors (Lipinski definition) is 2. The minimum atomic E-state index is -1.14. The molecule has 0 radical (unpaired) electrons. The maximum atomic E-state index is 13.0. The lowest BCUT2D eigenvalue weighted by Gasteiger charge is -2.26. The third kappa shape index (κ3) is 4.41. The second-order valence-corrected chi connectivity index (χ2v) is 6.97. The highest BCUT2D eigenvalue weighted by Crippen LogP contribution is 2.35. The first kappa shape index (κ1) is 18.1. The number of anilines is 1. The van der Waals surface area contributed by atoms with Gasteiger partial charge in [-0.3, -0.25) is 10.1 Å². The van der Waals surface area contributed by atoms with Crippen LogP contribution in [0.2, 0.25) is 0 Å². The average molecular weight is 394 g/mol. The number of ketones is 1. The second kappa shape index (κ2) is 7.13. The van der Waals surface area contributed by atoms with Gasteiger partial charge in [-0.1, -0.05) is 35.8 Å². The van der Waals surface area contributed by atoms with Crippen molar-refractivity contribution in [3.05, 3.63) is 63.9 Å². The molecule has 6 heteroatoms. The van der Waals surface area contributed by atoms with Crippen LogP contribution in [0.1, 0.15) is 36.2 Å². The molecule has 2 aromatic carbocycles. The molecule has 0 saturated heterocycles. The number of Topliss-reactive ketones (excluding diaryl/α,β-unsaturated/α-hetero) is 1. The minimum Gasteiger partial charge on any atom is -0.465 e. The van der Waals surface area contributed by atoms with Gasteiger partial charge in [0.1, 0.15) is 5.82 Å². The summed E-state index contributed by atoms with van der Waals surface area (Å²) in [5, 5.41) is 11.0. The zero-order valence-corrected chi connectivity index (χ0v) is 14.9. The van der Waals surface area contributed by atoms with Crippen molar-refractivity contribution in [1.82, 2.24) is 0 Å². The van der Waals surface area contributed by atoms with E-state index in [4.69, 9.17) is 5.11 Å². The van der Waals surface area contributed by atoms with Crippen molar-refractivity contribution in [2.24, 2.45) is 0 Å². The van der Waals surface area contributed by atoms with Crippen LogP contribution in [0.5, 0.6) is 0 Å². The van der Waals surface area contributed by atoms with Crippen LogP contribution >= 0.6 is 15.9 Å². The lowest BCUT2D eigenvalue weighted by molar-refractivity contribution is 0.0958. The van der Waals surface area contributed by atoms with E-state index >= 15 is 0 Å². The number of rotatable bonds is 5. The topological polar surface area (TPSA) is 66.4 Å². The summed E-state index contributed by atoms with van der Waals surface area (Å²) >= 11 is 3.43. The summed E-state index contributed by atoms with van der Waals surface area (Å²) in [4.78, 5) is 23.1. The largest absolute Gasteiger partial charge is 0.465 e. The summed E-state index contributed by atoms with van der Waals surface area (Å²) in [6, 6.07) is 10.6. The van der Waals surface area contributed by atoms with Crippen molar-refractivity contribution in [2.75, 3.05) is 5.32 Å². The number of benzene rings is 2. The first-order chi connectivity index (χ1) is 11.2. The molecule has 2 N–H and O–H groups in total. The molecule has 0 aliphatic carbocycles. The third-order valence-electron chi connectivity index (χ3n) is 3.72. The molecule has 1 amide bonds. The molecule has 126 valence electrons. The molecule has 0 aliphatic heterocycles. The number of halogens is 2. The van der Waals surface area contributed by atoms with Crippen molar-refractivity contribution in [1.29, 1.82) is 0 Å². The Hall–Kier alpha value is -2.21. The summed E-state index contributed by atoms with van der Waals surface area (Å²) in [6.45, 7) is 3.86. The quantitative estimate of drug-likeness (QED) is 0.683. The van der Waals surface area contributed by atoms with E-state index in [0.29, 0.717) is 15.7 Å². The van der Waals surface area contributed by atoms with Gasteiger partial charge >= 0.3 is 6.09 Å². The number of nitrogens with one attached hydrogen (secondary N) is 1. The summed E-state index contributed by atoms with van der Waals surface area (Å²) in [6.07, 6.45) is -0.899. The molecule has 0 spiro atoms. The smallest absolute Gasteiger partial charge is 0.409 e. The van der Waals surface area contributed by atoms with Crippen molar-refractivity contribution < 1.29 is 19.1 Å². The number of carbonyl (C=O) groups excluding carboxylic acids is 1. The van der Waals surface area contributed by atoms with Crippen LogP contribution in [-0.4, -0.2) is 17.0 Å². The van der Waals surface area contributed by atoms with Gasteiger partial charge in [-0.25, -0.2) is 9.18 Å². The molecule has 0 heterocycles. The fourth-order valence-electron chi connectivity index (χ4n) is 2.50. The zero-order valence-electron chi connectivity index (χ0n) is 13.3. The van der Waals surface area contributed by atoms with Crippen LogP contribution in [0.3, 0.4) is 0 Å². The monoisotopic (exact) mass is 393 g/mol. The van der Waals surface area contributed by atoms with Crippen molar-refractivity contribution in [2.45, 2.75) is 25.7 Å². The second-order valence-electron chi connectivity index (χ2n) is 6.12. The van der Waals surface area contributed by atoms with E-state index in [-0.39, 0.29) is 18.0 Å². The van der Waals surface area contributed by atoms with Gasteiger partial charge in [0.2, 0.25) is 0 Å². The molecule has 0 aliphatic rings. The molecule has 0 saturated carbocycles. The summed E-state index contributed by atoms with van der Waals surface area (Å²) in [7, 11) is 0. The van der Waals surface area contributed by atoms with Crippen LogP contribution in [-0.2, 0) is 5.41 Å². The van der Waals surface area contributed by atoms with Crippen LogP contribution in [0, 0.1) is 5.82 Å². The average Bonchev–Trinajstić information content (AvgIpc) is 2.46. The number of amides is 1. The maximum absolute atomic E-state index is 13.0. The van der Waals surface area contributed by atoms with E-state index in [1.165, 1.54) is 24.3 Å². The van der Waals surface area contributed by atoms with Gasteiger partial charge < -0.3 is 5.11 Å².